The smallest absolute Gasteiger partial charge is 0.284 e. The molecule has 62 valence electrons. The number of hydrogen-bond donors (Lipinski definition) is 0. The molecule has 7 heteroatoms. The van der Waals surface area contributed by atoms with E-state index in [9.17, 15) is 0 Å². The Morgan fingerprint density at radius 3 is 2.70 bits per heavy atom. The van der Waals surface area contributed by atoms with Crippen LogP contribution in [0.1, 0.15) is 13.3 Å². The fourth-order valence-corrected chi connectivity index (χ4v) is 6.03. The second-order valence-electron chi connectivity index (χ2n) is 1.99. The van der Waals surface area contributed by atoms with Gasteiger partial charge in [-0.05, 0) is 6.04 Å². The summed E-state index contributed by atoms with van der Waals surface area (Å²) in [6, 6.07) is 1.29. The van der Waals surface area contributed by atoms with Crippen molar-refractivity contribution in [1.29, 1.82) is 0 Å². The Bertz CT molecular complexity index is 55.7. The molecule has 0 amide bonds. The Kier molecular flexibility index (Phi) is 10.5. The number of rotatable bonds is 7. The molecule has 10 heavy (non-hydrogen) atoms. The van der Waals surface area contributed by atoms with Gasteiger partial charge >= 0.3 is 0 Å². The molecule has 0 atom stereocenters. The molecule has 0 aromatic heterocycles. The SMILES string of the molecule is CCC[SiH2]O[SiH2]O[SiH2]O[SiH3]. The molecule has 0 heterocycles. The van der Waals surface area contributed by atoms with Gasteiger partial charge in [0.05, 0.1) is 0 Å². The molecule has 0 saturated heterocycles. The Labute approximate surface area is 72.4 Å². The third kappa shape index (κ3) is 8.75. The summed E-state index contributed by atoms with van der Waals surface area (Å²) < 4.78 is 15.6. The van der Waals surface area contributed by atoms with Gasteiger partial charge in [-0.15, -0.1) is 0 Å². The van der Waals surface area contributed by atoms with Crippen molar-refractivity contribution >= 4 is 40.3 Å². The van der Waals surface area contributed by atoms with Crippen LogP contribution in [0.2, 0.25) is 6.04 Å². The van der Waals surface area contributed by atoms with E-state index in [1.165, 1.54) is 12.5 Å². The molecule has 0 aliphatic carbocycles. The molecule has 0 fully saturated rings. The van der Waals surface area contributed by atoms with Crippen LogP contribution in [0, 0.1) is 0 Å². The molecule has 0 bridgehead atoms. The minimum atomic E-state index is -0.599. The van der Waals surface area contributed by atoms with Crippen LogP contribution in [0.5, 0.6) is 0 Å². The van der Waals surface area contributed by atoms with Crippen molar-refractivity contribution in [2.24, 2.45) is 0 Å². The zero-order chi connectivity index (χ0) is 7.66. The molecule has 0 aromatic carbocycles. The predicted octanol–water partition coefficient (Wildman–Crippen LogP) is -2.77. The fourth-order valence-electron chi connectivity index (χ4n) is 0.482. The summed E-state index contributed by atoms with van der Waals surface area (Å²) in [6.45, 7) is 2.19. The van der Waals surface area contributed by atoms with Crippen molar-refractivity contribution in [3.05, 3.63) is 0 Å². The Morgan fingerprint density at radius 1 is 1.30 bits per heavy atom. The first-order valence-corrected chi connectivity index (χ1v) is 8.26. The molecule has 0 aliphatic heterocycles. The van der Waals surface area contributed by atoms with Gasteiger partial charge in [0, 0.05) is 0 Å². The van der Waals surface area contributed by atoms with Crippen LogP contribution >= 0.6 is 0 Å². The van der Waals surface area contributed by atoms with Gasteiger partial charge < -0.3 is 12.3 Å². The van der Waals surface area contributed by atoms with Crippen LogP contribution in [0.15, 0.2) is 0 Å². The molecule has 0 aromatic rings. The first kappa shape index (κ1) is 10.7. The Hall–Kier alpha value is 0.748. The van der Waals surface area contributed by atoms with Crippen molar-refractivity contribution in [3.8, 4) is 0 Å². The highest BCUT2D eigenvalue weighted by atomic mass is 28.4. The molecule has 0 rings (SSSR count). The fraction of sp³-hybridized carbons (Fsp3) is 1.00. The van der Waals surface area contributed by atoms with Crippen LogP contribution in [0.25, 0.3) is 0 Å². The van der Waals surface area contributed by atoms with Crippen LogP contribution in [-0.4, -0.2) is 40.3 Å². The zero-order valence-electron chi connectivity index (χ0n) is 6.76. The van der Waals surface area contributed by atoms with Crippen molar-refractivity contribution in [1.82, 2.24) is 0 Å². The molecular formula is C3H16O3Si4. The van der Waals surface area contributed by atoms with Crippen molar-refractivity contribution in [2.45, 2.75) is 19.4 Å². The maximum Gasteiger partial charge on any atom is 0.284 e. The summed E-state index contributed by atoms with van der Waals surface area (Å²) in [5.41, 5.74) is 0. The predicted molar refractivity (Wildman–Crippen MR) is 53.9 cm³/mol. The second-order valence-corrected chi connectivity index (χ2v) is 9.15. The summed E-state index contributed by atoms with van der Waals surface area (Å²) in [6.07, 6.45) is 1.26. The van der Waals surface area contributed by atoms with E-state index in [-0.39, 0.29) is 9.76 Å². The molecule has 3 nitrogen and oxygen atoms in total. The molecule has 0 N–H and O–H groups in total. The van der Waals surface area contributed by atoms with E-state index in [2.05, 4.69) is 6.92 Å². The highest BCUT2D eigenvalue weighted by Crippen LogP contribution is 1.84. The summed E-state index contributed by atoms with van der Waals surface area (Å²) in [5, 5.41) is 0. The van der Waals surface area contributed by atoms with Gasteiger partial charge in [-0.1, -0.05) is 13.3 Å². The largest absolute Gasteiger partial charge is 0.449 e. The molecule has 0 saturated carbocycles. The first-order chi connectivity index (χ1) is 4.91. The summed E-state index contributed by atoms with van der Waals surface area (Å²) in [7, 11) is -0.570. The lowest BCUT2D eigenvalue weighted by atomic mass is 10.6. The standard InChI is InChI=1S/C3H16O3Si4/c1-2-3-8-5-10-6-9-4-7/h2-3,8-10H2,1,7H3. The average Bonchev–Trinajstić information content (AvgIpc) is 1.97. The molecule has 0 radical (unpaired) electrons. The van der Waals surface area contributed by atoms with Gasteiger partial charge in [0.25, 0.3) is 20.0 Å². The van der Waals surface area contributed by atoms with Crippen molar-refractivity contribution < 1.29 is 12.3 Å². The summed E-state index contributed by atoms with van der Waals surface area (Å²) >= 11 is 0. The van der Waals surface area contributed by atoms with Crippen LogP contribution in [0.3, 0.4) is 0 Å². The summed E-state index contributed by atoms with van der Waals surface area (Å²) in [5.74, 6) is 0. The number of hydrogen-bond acceptors (Lipinski definition) is 3. The molecule has 0 aliphatic rings. The Balaban J connectivity index is 2.65. The van der Waals surface area contributed by atoms with E-state index < -0.39 is 20.0 Å². The first-order valence-electron chi connectivity index (χ1n) is 3.56. The van der Waals surface area contributed by atoms with Crippen molar-refractivity contribution in [3.63, 3.8) is 0 Å². The van der Waals surface area contributed by atoms with E-state index >= 15 is 0 Å². The van der Waals surface area contributed by atoms with E-state index in [1.807, 2.05) is 0 Å². The minimum Gasteiger partial charge on any atom is -0.449 e. The van der Waals surface area contributed by atoms with Gasteiger partial charge in [-0.2, -0.15) is 0 Å². The second kappa shape index (κ2) is 9.75. The lowest BCUT2D eigenvalue weighted by molar-refractivity contribution is 0.438. The maximum atomic E-state index is 5.40. The van der Waals surface area contributed by atoms with Gasteiger partial charge in [0.15, 0.2) is 0 Å². The van der Waals surface area contributed by atoms with E-state index in [1.54, 1.807) is 0 Å². The monoisotopic (exact) mass is 212 g/mol. The molecular weight excluding hydrogens is 196 g/mol. The zero-order valence-corrected chi connectivity index (χ0v) is 13.0. The van der Waals surface area contributed by atoms with E-state index in [0.29, 0.717) is 0 Å². The third-order valence-corrected chi connectivity index (χ3v) is 6.10. The van der Waals surface area contributed by atoms with E-state index in [4.69, 9.17) is 12.3 Å². The van der Waals surface area contributed by atoms with Crippen LogP contribution in [0.4, 0.5) is 0 Å². The highest BCUT2D eigenvalue weighted by Gasteiger charge is 1.88. The average molecular weight is 213 g/mol. The normalized spacial score (nSPS) is 14.1. The van der Waals surface area contributed by atoms with Crippen LogP contribution < -0.4 is 0 Å². The quantitative estimate of drug-likeness (QED) is 0.338. The van der Waals surface area contributed by atoms with Gasteiger partial charge in [0.2, 0.25) is 0 Å². The Morgan fingerprint density at radius 2 is 2.10 bits per heavy atom. The summed E-state index contributed by atoms with van der Waals surface area (Å²) in [4.78, 5) is 0. The molecule has 0 spiro atoms. The lowest BCUT2D eigenvalue weighted by Crippen LogP contribution is -2.12. The lowest BCUT2D eigenvalue weighted by Gasteiger charge is -2.02. The highest BCUT2D eigenvalue weighted by molar-refractivity contribution is 6.44. The van der Waals surface area contributed by atoms with Gasteiger partial charge in [-0.3, -0.25) is 0 Å². The van der Waals surface area contributed by atoms with E-state index in [0.717, 1.165) is 10.5 Å². The topological polar surface area (TPSA) is 27.7 Å². The maximum absolute atomic E-state index is 5.40. The minimum absolute atomic E-state index is 0.202. The molecule has 0 unspecified atom stereocenters. The van der Waals surface area contributed by atoms with Crippen LogP contribution in [-0.2, 0) is 12.3 Å². The van der Waals surface area contributed by atoms with Gasteiger partial charge in [-0.25, -0.2) is 0 Å². The van der Waals surface area contributed by atoms with Gasteiger partial charge in [0.1, 0.15) is 20.2 Å². The van der Waals surface area contributed by atoms with Crippen molar-refractivity contribution in [2.75, 3.05) is 0 Å². The third-order valence-electron chi connectivity index (χ3n) is 1.01.